The lowest BCUT2D eigenvalue weighted by atomic mass is 10.1. The van der Waals surface area contributed by atoms with Crippen LogP contribution in [0.4, 0.5) is 5.69 Å². The summed E-state index contributed by atoms with van der Waals surface area (Å²) in [6.45, 7) is 3.56. The van der Waals surface area contributed by atoms with Crippen molar-refractivity contribution >= 4 is 24.0 Å². The van der Waals surface area contributed by atoms with Gasteiger partial charge in [0.2, 0.25) is 6.49 Å². The molecule has 1 aliphatic heterocycles. The normalized spacial score (nSPS) is 17.7. The molecule has 1 atom stereocenters. The van der Waals surface area contributed by atoms with E-state index in [-0.39, 0.29) is 5.78 Å². The van der Waals surface area contributed by atoms with E-state index in [1.807, 2.05) is 31.2 Å². The van der Waals surface area contributed by atoms with E-state index >= 15 is 0 Å². The molecule has 134 valence electrons. The van der Waals surface area contributed by atoms with E-state index < -0.39 is 6.49 Å². The van der Waals surface area contributed by atoms with E-state index in [1.54, 1.807) is 0 Å². The van der Waals surface area contributed by atoms with Gasteiger partial charge in [-0.25, -0.2) is 0 Å². The van der Waals surface area contributed by atoms with Crippen molar-refractivity contribution in [2.45, 2.75) is 26.1 Å². The third-order valence-electron chi connectivity index (χ3n) is 4.01. The van der Waals surface area contributed by atoms with Crippen molar-refractivity contribution < 1.29 is 13.8 Å². The maximum Gasteiger partial charge on any atom is 0.215 e. The van der Waals surface area contributed by atoms with Gasteiger partial charge in [-0.15, -0.1) is 0 Å². The second-order valence-electron chi connectivity index (χ2n) is 5.97. The van der Waals surface area contributed by atoms with Crippen LogP contribution >= 0.6 is 6.49 Å². The number of anilines is 1. The number of ether oxygens (including phenoxy) is 1. The molecule has 1 N–H and O–H groups in total. The molecule has 0 amide bonds. The second-order valence-corrected chi connectivity index (χ2v) is 9.61. The number of benzene rings is 2. The molecular formula is C19H24NO3PS. The van der Waals surface area contributed by atoms with Crippen molar-refractivity contribution in [3.63, 3.8) is 0 Å². The Morgan fingerprint density at radius 3 is 2.32 bits per heavy atom. The molecule has 1 aliphatic rings. The fourth-order valence-electron chi connectivity index (χ4n) is 2.69. The number of hydrogen-bond acceptors (Lipinski definition) is 5. The predicted molar refractivity (Wildman–Crippen MR) is 106 cm³/mol. The van der Waals surface area contributed by atoms with Crippen molar-refractivity contribution in [2.24, 2.45) is 0 Å². The Hall–Kier alpha value is -1.39. The summed E-state index contributed by atoms with van der Waals surface area (Å²) in [7, 11) is 0. The lowest BCUT2D eigenvalue weighted by Crippen LogP contribution is -2.19. The molecule has 6 heteroatoms. The zero-order chi connectivity index (χ0) is 17.7. The number of nitrogens with one attached hydrogen (secondary N) is 1. The van der Waals surface area contributed by atoms with Gasteiger partial charge in [0.25, 0.3) is 0 Å². The lowest BCUT2D eigenvalue weighted by molar-refractivity contribution is 0.175. The van der Waals surface area contributed by atoms with Crippen LogP contribution in [0.1, 0.15) is 30.3 Å². The van der Waals surface area contributed by atoms with Gasteiger partial charge in [-0.3, -0.25) is 0 Å². The maximum atomic E-state index is 5.96. The first-order valence-corrected chi connectivity index (χ1v) is 11.3. The smallest absolute Gasteiger partial charge is 0.215 e. The molecule has 0 aromatic heterocycles. The van der Waals surface area contributed by atoms with Crippen molar-refractivity contribution in [3.8, 4) is 5.75 Å². The molecule has 0 aliphatic carbocycles. The summed E-state index contributed by atoms with van der Waals surface area (Å²) >= 11 is 5.84. The highest BCUT2D eigenvalue weighted by Gasteiger charge is 2.34. The van der Waals surface area contributed by atoms with E-state index in [9.17, 15) is 0 Å². The third kappa shape index (κ3) is 4.62. The molecular weight excluding hydrogens is 353 g/mol. The Kier molecular flexibility index (Phi) is 6.13. The van der Waals surface area contributed by atoms with Gasteiger partial charge in [-0.05, 0) is 61.9 Å². The highest BCUT2D eigenvalue weighted by molar-refractivity contribution is 8.10. The number of rotatable bonds is 6. The van der Waals surface area contributed by atoms with E-state index in [0.29, 0.717) is 19.8 Å². The van der Waals surface area contributed by atoms with Crippen LogP contribution in [0.15, 0.2) is 48.5 Å². The zero-order valence-electron chi connectivity index (χ0n) is 14.6. The zero-order valence-corrected chi connectivity index (χ0v) is 16.3. The molecule has 1 heterocycles. The number of hydrogen-bond donors (Lipinski definition) is 1. The van der Waals surface area contributed by atoms with Gasteiger partial charge in [0.1, 0.15) is 11.5 Å². The first-order valence-electron chi connectivity index (χ1n) is 8.55. The van der Waals surface area contributed by atoms with E-state index in [1.165, 1.54) is 5.56 Å². The Balaban J connectivity index is 1.88. The van der Waals surface area contributed by atoms with Gasteiger partial charge in [0.05, 0.1) is 19.8 Å². The summed E-state index contributed by atoms with van der Waals surface area (Å²) in [5.74, 6) is 0.675. The van der Waals surface area contributed by atoms with Crippen LogP contribution < -0.4 is 10.1 Å². The van der Waals surface area contributed by atoms with Gasteiger partial charge < -0.3 is 19.1 Å². The fourth-order valence-corrected chi connectivity index (χ4v) is 5.65. The topological polar surface area (TPSA) is 39.7 Å². The minimum absolute atomic E-state index is 0.179. The molecule has 25 heavy (non-hydrogen) atoms. The molecule has 0 spiro atoms. The van der Waals surface area contributed by atoms with Crippen LogP contribution in [-0.2, 0) is 20.9 Å². The molecule has 0 saturated carbocycles. The monoisotopic (exact) mass is 377 g/mol. The molecule has 2 aromatic rings. The van der Waals surface area contributed by atoms with Crippen LogP contribution in [0.2, 0.25) is 0 Å². The van der Waals surface area contributed by atoms with E-state index in [2.05, 4.69) is 36.5 Å². The average Bonchev–Trinajstić information content (AvgIpc) is 2.63. The second kappa shape index (κ2) is 8.33. The molecule has 3 rings (SSSR count). The first kappa shape index (κ1) is 18.4. The van der Waals surface area contributed by atoms with Crippen molar-refractivity contribution in [1.82, 2.24) is 0 Å². The molecule has 1 fully saturated rings. The average molecular weight is 377 g/mol. The summed E-state index contributed by atoms with van der Waals surface area (Å²) in [5, 5.41) is 3.53. The van der Waals surface area contributed by atoms with Crippen LogP contribution in [0.25, 0.3) is 0 Å². The standard InChI is InChI=1S/C19H24NO3PS/c1-3-21-18-11-9-17(10-12-18)20-19(16-7-5-15(2)6-8-16)24(25)22-13-4-14-23-24/h5-12,19-20H,3-4,13-14H2,1-2H3. The van der Waals surface area contributed by atoms with Gasteiger partial charge in [-0.1, -0.05) is 29.8 Å². The van der Waals surface area contributed by atoms with Gasteiger partial charge >= 0.3 is 0 Å². The quantitative estimate of drug-likeness (QED) is 0.696. The summed E-state index contributed by atoms with van der Waals surface area (Å²) < 4.78 is 17.4. The Morgan fingerprint density at radius 1 is 1.08 bits per heavy atom. The predicted octanol–water partition coefficient (Wildman–Crippen LogP) is 5.25. The maximum absolute atomic E-state index is 5.96. The minimum Gasteiger partial charge on any atom is -0.494 e. The summed E-state index contributed by atoms with van der Waals surface area (Å²) in [5.41, 5.74) is 3.27. The van der Waals surface area contributed by atoms with Crippen molar-refractivity contribution in [3.05, 3.63) is 59.7 Å². The molecule has 0 radical (unpaired) electrons. The minimum atomic E-state index is -2.46. The fraction of sp³-hybridized carbons (Fsp3) is 0.368. The molecule has 2 aromatic carbocycles. The SMILES string of the molecule is CCOc1ccc(NC(c2ccc(C)cc2)P2(=S)OCCCO2)cc1. The van der Waals surface area contributed by atoms with Crippen LogP contribution in [0, 0.1) is 6.92 Å². The lowest BCUT2D eigenvalue weighted by Gasteiger charge is -2.34. The highest BCUT2D eigenvalue weighted by atomic mass is 32.5. The van der Waals surface area contributed by atoms with Gasteiger partial charge in [0, 0.05) is 5.69 Å². The van der Waals surface area contributed by atoms with Crippen LogP contribution in [-0.4, -0.2) is 19.8 Å². The molecule has 1 saturated heterocycles. The first-order chi connectivity index (χ1) is 12.1. The van der Waals surface area contributed by atoms with Crippen LogP contribution in [0.3, 0.4) is 0 Å². The molecule has 1 unspecified atom stereocenters. The Labute approximate surface area is 154 Å². The summed E-state index contributed by atoms with van der Waals surface area (Å²) in [6.07, 6.45) is 0.891. The summed E-state index contributed by atoms with van der Waals surface area (Å²) in [4.78, 5) is 0. The largest absolute Gasteiger partial charge is 0.494 e. The highest BCUT2D eigenvalue weighted by Crippen LogP contribution is 2.62. The molecule has 0 bridgehead atoms. The molecule has 4 nitrogen and oxygen atoms in total. The Morgan fingerprint density at radius 2 is 1.72 bits per heavy atom. The van der Waals surface area contributed by atoms with Gasteiger partial charge in [-0.2, -0.15) is 0 Å². The van der Waals surface area contributed by atoms with Crippen molar-refractivity contribution in [1.29, 1.82) is 0 Å². The number of aryl methyl sites for hydroxylation is 1. The van der Waals surface area contributed by atoms with Crippen LogP contribution in [0.5, 0.6) is 5.75 Å². The van der Waals surface area contributed by atoms with E-state index in [0.717, 1.165) is 23.4 Å². The Bertz CT molecular complexity index is 723. The summed E-state index contributed by atoms with van der Waals surface area (Å²) in [6, 6.07) is 16.3. The van der Waals surface area contributed by atoms with Gasteiger partial charge in [0.15, 0.2) is 0 Å². The van der Waals surface area contributed by atoms with Crippen molar-refractivity contribution in [2.75, 3.05) is 25.1 Å². The van der Waals surface area contributed by atoms with E-state index in [4.69, 9.17) is 25.6 Å². The third-order valence-corrected chi connectivity index (χ3v) is 7.42.